The molecule has 0 aliphatic rings. The number of fused-ring (bicyclic) bond motifs is 1. The lowest BCUT2D eigenvalue weighted by Gasteiger charge is -2.08. The molecule has 0 atom stereocenters. The number of benzene rings is 1. The zero-order chi connectivity index (χ0) is 16.2. The lowest BCUT2D eigenvalue weighted by Crippen LogP contribution is -2.25. The monoisotopic (exact) mass is 307 g/mol. The van der Waals surface area contributed by atoms with Gasteiger partial charge in [-0.3, -0.25) is 4.79 Å². The molecule has 4 heteroatoms. The maximum absolute atomic E-state index is 12.2. The molecule has 4 nitrogen and oxygen atoms in total. The summed E-state index contributed by atoms with van der Waals surface area (Å²) in [4.78, 5) is 16.6. The van der Waals surface area contributed by atoms with Crippen LogP contribution in [-0.2, 0) is 6.54 Å². The molecular weight excluding hydrogens is 286 g/mol. The second kappa shape index (κ2) is 6.65. The summed E-state index contributed by atoms with van der Waals surface area (Å²) in [7, 11) is 0. The number of nitrogens with one attached hydrogen (secondary N) is 1. The zero-order valence-electron chi connectivity index (χ0n) is 13.5. The highest BCUT2D eigenvalue weighted by atomic mass is 16.1. The smallest absolute Gasteiger partial charge is 0.251 e. The second-order valence-electron chi connectivity index (χ2n) is 5.91. The fourth-order valence-electron chi connectivity index (χ4n) is 2.86. The molecule has 0 aliphatic carbocycles. The van der Waals surface area contributed by atoms with E-state index in [-0.39, 0.29) is 5.91 Å². The van der Waals surface area contributed by atoms with Gasteiger partial charge >= 0.3 is 0 Å². The van der Waals surface area contributed by atoms with Crippen molar-refractivity contribution < 1.29 is 4.79 Å². The summed E-state index contributed by atoms with van der Waals surface area (Å²) >= 11 is 0. The van der Waals surface area contributed by atoms with E-state index in [4.69, 9.17) is 0 Å². The number of carbonyl (C=O) groups excluding carboxylic acids is 1. The number of hydrogen-bond donors (Lipinski definition) is 1. The minimum absolute atomic E-state index is 0.00714. The summed E-state index contributed by atoms with van der Waals surface area (Å²) in [6, 6.07) is 12.0. The van der Waals surface area contributed by atoms with Gasteiger partial charge in [-0.05, 0) is 50.6 Å². The van der Waals surface area contributed by atoms with Crippen molar-refractivity contribution >= 4 is 16.9 Å². The molecule has 0 radical (unpaired) electrons. The summed E-state index contributed by atoms with van der Waals surface area (Å²) in [6.07, 6.45) is 4.72. The number of rotatable bonds is 5. The maximum Gasteiger partial charge on any atom is 0.251 e. The van der Waals surface area contributed by atoms with Crippen molar-refractivity contribution in [1.82, 2.24) is 14.9 Å². The normalized spacial score (nSPS) is 10.9. The average Bonchev–Trinajstić information content (AvgIpc) is 2.94. The van der Waals surface area contributed by atoms with E-state index in [0.717, 1.165) is 40.7 Å². The predicted octanol–water partition coefficient (Wildman–Crippen LogP) is 3.47. The summed E-state index contributed by atoms with van der Waals surface area (Å²) in [5, 5.41) is 4.14. The molecule has 0 spiro atoms. The topological polar surface area (TPSA) is 46.9 Å². The van der Waals surface area contributed by atoms with E-state index >= 15 is 0 Å². The molecule has 3 rings (SSSR count). The van der Waals surface area contributed by atoms with Crippen LogP contribution in [-0.4, -0.2) is 22.0 Å². The Morgan fingerprint density at radius 1 is 1.17 bits per heavy atom. The molecule has 118 valence electrons. The molecule has 3 aromatic rings. The lowest BCUT2D eigenvalue weighted by atomic mass is 10.1. The number of carbonyl (C=O) groups is 1. The molecule has 0 saturated carbocycles. The molecule has 0 saturated heterocycles. The maximum atomic E-state index is 12.2. The zero-order valence-corrected chi connectivity index (χ0v) is 13.5. The number of hydrogen-bond acceptors (Lipinski definition) is 2. The van der Waals surface area contributed by atoms with Crippen molar-refractivity contribution in [2.75, 3.05) is 6.54 Å². The third kappa shape index (κ3) is 3.59. The summed E-state index contributed by atoms with van der Waals surface area (Å²) in [5.74, 6) is -0.00714. The van der Waals surface area contributed by atoms with Gasteiger partial charge in [0.1, 0.15) is 5.65 Å². The van der Waals surface area contributed by atoms with Gasteiger partial charge in [0, 0.05) is 36.4 Å². The predicted molar refractivity (Wildman–Crippen MR) is 92.6 cm³/mol. The van der Waals surface area contributed by atoms with Crippen LogP contribution in [0.15, 0.2) is 48.8 Å². The highest BCUT2D eigenvalue weighted by Crippen LogP contribution is 2.12. The van der Waals surface area contributed by atoms with Crippen molar-refractivity contribution in [3.63, 3.8) is 0 Å². The van der Waals surface area contributed by atoms with Crippen LogP contribution in [0, 0.1) is 13.8 Å². The van der Waals surface area contributed by atoms with Crippen LogP contribution in [0.5, 0.6) is 0 Å². The van der Waals surface area contributed by atoms with Crippen molar-refractivity contribution in [3.05, 3.63) is 65.5 Å². The molecule has 1 aromatic carbocycles. The first-order valence-electron chi connectivity index (χ1n) is 7.90. The summed E-state index contributed by atoms with van der Waals surface area (Å²) < 4.78 is 2.12. The van der Waals surface area contributed by atoms with Crippen LogP contribution in [0.3, 0.4) is 0 Å². The molecule has 0 bridgehead atoms. The van der Waals surface area contributed by atoms with Gasteiger partial charge in [0.25, 0.3) is 5.91 Å². The first-order chi connectivity index (χ1) is 11.1. The number of aryl methyl sites for hydroxylation is 3. The van der Waals surface area contributed by atoms with Crippen molar-refractivity contribution in [1.29, 1.82) is 0 Å². The third-order valence-corrected chi connectivity index (χ3v) is 3.87. The minimum atomic E-state index is -0.00714. The Morgan fingerprint density at radius 2 is 1.96 bits per heavy atom. The van der Waals surface area contributed by atoms with E-state index in [1.54, 1.807) is 6.20 Å². The van der Waals surface area contributed by atoms with E-state index in [1.807, 2.05) is 38.2 Å². The molecule has 1 amide bonds. The standard InChI is InChI=1S/C19H21N3O/c1-14-11-15(2)13-17(12-14)19(23)21-8-4-9-22-10-6-16-5-3-7-20-18(16)22/h3,5-7,10-13H,4,8-9H2,1-2H3,(H,21,23). The number of amides is 1. The van der Waals surface area contributed by atoms with E-state index in [0.29, 0.717) is 6.54 Å². The minimum Gasteiger partial charge on any atom is -0.352 e. The first kappa shape index (κ1) is 15.3. The largest absolute Gasteiger partial charge is 0.352 e. The van der Waals surface area contributed by atoms with Crippen LogP contribution in [0.4, 0.5) is 0 Å². The Balaban J connectivity index is 1.54. The van der Waals surface area contributed by atoms with Crippen molar-refractivity contribution in [3.8, 4) is 0 Å². The molecule has 0 fully saturated rings. The van der Waals surface area contributed by atoms with Crippen molar-refractivity contribution in [2.45, 2.75) is 26.8 Å². The van der Waals surface area contributed by atoms with Gasteiger partial charge in [-0.25, -0.2) is 4.98 Å². The Hall–Kier alpha value is -2.62. The van der Waals surface area contributed by atoms with Crippen molar-refractivity contribution in [2.24, 2.45) is 0 Å². The number of nitrogens with zero attached hydrogens (tertiary/aromatic N) is 2. The molecule has 2 aromatic heterocycles. The van der Waals surface area contributed by atoms with Gasteiger partial charge in [0.2, 0.25) is 0 Å². The quantitative estimate of drug-likeness (QED) is 0.734. The van der Waals surface area contributed by atoms with Gasteiger partial charge in [-0.2, -0.15) is 0 Å². The number of pyridine rings is 1. The first-order valence-corrected chi connectivity index (χ1v) is 7.90. The Morgan fingerprint density at radius 3 is 2.74 bits per heavy atom. The van der Waals surface area contributed by atoms with E-state index in [9.17, 15) is 4.79 Å². The molecule has 0 aliphatic heterocycles. The Labute approximate surface area is 136 Å². The Kier molecular flexibility index (Phi) is 4.42. The SMILES string of the molecule is Cc1cc(C)cc(C(=O)NCCCn2ccc3cccnc32)c1. The van der Waals surface area contributed by atoms with Gasteiger partial charge in [-0.1, -0.05) is 17.2 Å². The van der Waals surface area contributed by atoms with Gasteiger partial charge < -0.3 is 9.88 Å². The fraction of sp³-hybridized carbons (Fsp3) is 0.263. The molecule has 23 heavy (non-hydrogen) atoms. The second-order valence-corrected chi connectivity index (χ2v) is 5.91. The van der Waals surface area contributed by atoms with Crippen LogP contribution in [0.2, 0.25) is 0 Å². The van der Waals surface area contributed by atoms with Gasteiger partial charge in [0.05, 0.1) is 0 Å². The fourth-order valence-corrected chi connectivity index (χ4v) is 2.86. The van der Waals surface area contributed by atoms with Crippen LogP contribution < -0.4 is 5.32 Å². The molecule has 0 unspecified atom stereocenters. The van der Waals surface area contributed by atoms with Gasteiger partial charge in [-0.15, -0.1) is 0 Å². The lowest BCUT2D eigenvalue weighted by molar-refractivity contribution is 0.0952. The van der Waals surface area contributed by atoms with Gasteiger partial charge in [0.15, 0.2) is 0 Å². The third-order valence-electron chi connectivity index (χ3n) is 3.87. The molecular formula is C19H21N3O. The summed E-state index contributed by atoms with van der Waals surface area (Å²) in [5.41, 5.74) is 3.95. The van der Waals surface area contributed by atoms with Crippen LogP contribution in [0.25, 0.3) is 11.0 Å². The molecule has 2 heterocycles. The summed E-state index contributed by atoms with van der Waals surface area (Å²) in [6.45, 7) is 5.51. The van der Waals surface area contributed by atoms with E-state index < -0.39 is 0 Å². The highest BCUT2D eigenvalue weighted by Gasteiger charge is 2.06. The average molecular weight is 307 g/mol. The Bertz CT molecular complexity index is 815. The van der Waals surface area contributed by atoms with Crippen LogP contribution in [0.1, 0.15) is 27.9 Å². The number of aromatic nitrogens is 2. The van der Waals surface area contributed by atoms with Crippen LogP contribution >= 0.6 is 0 Å². The van der Waals surface area contributed by atoms with E-state index in [2.05, 4.69) is 33.1 Å². The highest BCUT2D eigenvalue weighted by molar-refractivity contribution is 5.94. The molecule has 1 N–H and O–H groups in total. The van der Waals surface area contributed by atoms with E-state index in [1.165, 1.54) is 0 Å².